The fourth-order valence-electron chi connectivity index (χ4n) is 3.76. The second kappa shape index (κ2) is 7.84. The second-order valence-electron chi connectivity index (χ2n) is 7.40. The molecule has 0 spiro atoms. The van der Waals surface area contributed by atoms with E-state index in [0.717, 1.165) is 42.6 Å². The minimum atomic E-state index is 0.0137. The lowest BCUT2D eigenvalue weighted by molar-refractivity contribution is -0.136. The Bertz CT molecular complexity index is 928. The molecule has 1 aliphatic heterocycles. The maximum atomic E-state index is 13.0. The van der Waals surface area contributed by atoms with Crippen molar-refractivity contribution in [2.75, 3.05) is 25.0 Å². The fourth-order valence-corrected chi connectivity index (χ4v) is 3.88. The van der Waals surface area contributed by atoms with E-state index in [4.69, 9.17) is 16.0 Å². The van der Waals surface area contributed by atoms with Crippen molar-refractivity contribution in [2.45, 2.75) is 25.8 Å². The van der Waals surface area contributed by atoms with Crippen molar-refractivity contribution in [1.82, 2.24) is 9.88 Å². The van der Waals surface area contributed by atoms with Crippen LogP contribution in [0.1, 0.15) is 31.4 Å². The van der Waals surface area contributed by atoms with Gasteiger partial charge in [-0.2, -0.15) is 4.98 Å². The maximum absolute atomic E-state index is 13.0. The van der Waals surface area contributed by atoms with E-state index in [1.807, 2.05) is 60.5 Å². The first-order valence-corrected chi connectivity index (χ1v) is 10.0. The molecule has 2 heterocycles. The van der Waals surface area contributed by atoms with E-state index in [0.29, 0.717) is 11.0 Å². The zero-order chi connectivity index (χ0) is 19.7. The monoisotopic (exact) mass is 397 g/mol. The van der Waals surface area contributed by atoms with Crippen LogP contribution < -0.4 is 4.90 Å². The van der Waals surface area contributed by atoms with Gasteiger partial charge in [-0.1, -0.05) is 35.9 Å². The third-order valence-electron chi connectivity index (χ3n) is 5.68. The number of nitrogens with zero attached hydrogens (tertiary/aromatic N) is 3. The summed E-state index contributed by atoms with van der Waals surface area (Å²) in [5, 5.41) is 0.705. The van der Waals surface area contributed by atoms with Crippen LogP contribution in [0.5, 0.6) is 0 Å². The van der Waals surface area contributed by atoms with Gasteiger partial charge in [0.15, 0.2) is 5.58 Å². The number of carbonyl (C=O) groups is 1. The molecule has 4 rings (SSSR count). The minimum Gasteiger partial charge on any atom is -0.423 e. The highest BCUT2D eigenvalue weighted by Crippen LogP contribution is 2.29. The lowest BCUT2D eigenvalue weighted by atomic mass is 9.94. The molecular weight excluding hydrogens is 374 g/mol. The second-order valence-corrected chi connectivity index (χ2v) is 7.84. The number of carbonyl (C=O) groups excluding carboxylic acids is 1. The molecule has 0 N–H and O–H groups in total. The maximum Gasteiger partial charge on any atom is 0.298 e. The number of aromatic nitrogens is 1. The number of anilines is 1. The molecular formula is C22H24ClN3O2. The summed E-state index contributed by atoms with van der Waals surface area (Å²) < 4.78 is 5.87. The topological polar surface area (TPSA) is 49.6 Å². The first kappa shape index (κ1) is 18.8. The summed E-state index contributed by atoms with van der Waals surface area (Å²) in [7, 11) is 1.88. The van der Waals surface area contributed by atoms with E-state index in [2.05, 4.69) is 16.8 Å². The standard InChI is InChI=1S/C22H24ClN3O2/c1-15(16-7-9-18(23)10-8-16)25(2)21(27)17-11-13-26(14-12-17)22-24-19-5-3-4-6-20(19)28-22/h3-10,15,17H,11-14H2,1-2H3. The molecule has 1 saturated heterocycles. The molecule has 1 aromatic heterocycles. The van der Waals surface area contributed by atoms with Crippen LogP contribution in [0.4, 0.5) is 6.01 Å². The van der Waals surface area contributed by atoms with Crippen LogP contribution in [0.25, 0.3) is 11.1 Å². The predicted octanol–water partition coefficient (Wildman–Crippen LogP) is 4.92. The molecule has 1 amide bonds. The van der Waals surface area contributed by atoms with Crippen LogP contribution in [-0.4, -0.2) is 35.9 Å². The Morgan fingerprint density at radius 2 is 1.86 bits per heavy atom. The smallest absolute Gasteiger partial charge is 0.298 e. The van der Waals surface area contributed by atoms with Crippen molar-refractivity contribution in [1.29, 1.82) is 0 Å². The van der Waals surface area contributed by atoms with Gasteiger partial charge in [-0.3, -0.25) is 4.79 Å². The average molecular weight is 398 g/mol. The molecule has 1 unspecified atom stereocenters. The molecule has 1 aliphatic rings. The predicted molar refractivity (Wildman–Crippen MR) is 112 cm³/mol. The molecule has 6 heteroatoms. The van der Waals surface area contributed by atoms with Crippen LogP contribution in [0.2, 0.25) is 5.02 Å². The Hall–Kier alpha value is -2.53. The highest BCUT2D eigenvalue weighted by molar-refractivity contribution is 6.30. The van der Waals surface area contributed by atoms with Crippen LogP contribution >= 0.6 is 11.6 Å². The van der Waals surface area contributed by atoms with E-state index in [9.17, 15) is 4.79 Å². The third-order valence-corrected chi connectivity index (χ3v) is 5.93. The quantitative estimate of drug-likeness (QED) is 0.627. The van der Waals surface area contributed by atoms with Crippen molar-refractivity contribution < 1.29 is 9.21 Å². The van der Waals surface area contributed by atoms with Crippen LogP contribution in [0.3, 0.4) is 0 Å². The summed E-state index contributed by atoms with van der Waals surface area (Å²) in [5.41, 5.74) is 2.75. The van der Waals surface area contributed by atoms with E-state index < -0.39 is 0 Å². The molecule has 1 fully saturated rings. The van der Waals surface area contributed by atoms with Gasteiger partial charge in [-0.25, -0.2) is 0 Å². The van der Waals surface area contributed by atoms with Gasteiger partial charge >= 0.3 is 0 Å². The van der Waals surface area contributed by atoms with Crippen molar-refractivity contribution in [2.24, 2.45) is 5.92 Å². The normalized spacial score (nSPS) is 16.3. The first-order chi connectivity index (χ1) is 13.5. The highest BCUT2D eigenvalue weighted by Gasteiger charge is 2.30. The van der Waals surface area contributed by atoms with Gasteiger partial charge in [0.2, 0.25) is 5.91 Å². The molecule has 0 radical (unpaired) electrons. The minimum absolute atomic E-state index is 0.0137. The first-order valence-electron chi connectivity index (χ1n) is 9.65. The summed E-state index contributed by atoms with van der Waals surface area (Å²) in [4.78, 5) is 21.6. The third kappa shape index (κ3) is 3.72. The Morgan fingerprint density at radius 1 is 1.18 bits per heavy atom. The Labute approximate surface area is 169 Å². The summed E-state index contributed by atoms with van der Waals surface area (Å²) in [6.07, 6.45) is 1.60. The number of hydrogen-bond donors (Lipinski definition) is 0. The molecule has 2 aromatic carbocycles. The van der Waals surface area contributed by atoms with Crippen LogP contribution in [0.15, 0.2) is 52.9 Å². The van der Waals surface area contributed by atoms with Crippen molar-refractivity contribution in [3.05, 3.63) is 59.1 Å². The number of piperidine rings is 1. The molecule has 5 nitrogen and oxygen atoms in total. The van der Waals surface area contributed by atoms with Crippen molar-refractivity contribution in [3.8, 4) is 0 Å². The van der Waals surface area contributed by atoms with E-state index >= 15 is 0 Å². The molecule has 0 bridgehead atoms. The lowest BCUT2D eigenvalue weighted by Crippen LogP contribution is -2.42. The zero-order valence-electron chi connectivity index (χ0n) is 16.1. The van der Waals surface area contributed by atoms with Crippen molar-refractivity contribution in [3.63, 3.8) is 0 Å². The van der Waals surface area contributed by atoms with Gasteiger partial charge in [0.1, 0.15) is 5.52 Å². The van der Waals surface area contributed by atoms with Gasteiger partial charge in [-0.15, -0.1) is 0 Å². The summed E-state index contributed by atoms with van der Waals surface area (Å²) >= 11 is 5.97. The Kier molecular flexibility index (Phi) is 5.27. The number of oxazole rings is 1. The Morgan fingerprint density at radius 3 is 2.54 bits per heavy atom. The Balaban J connectivity index is 1.38. The lowest BCUT2D eigenvalue weighted by Gasteiger charge is -2.34. The van der Waals surface area contributed by atoms with Crippen molar-refractivity contribution >= 4 is 34.6 Å². The molecule has 28 heavy (non-hydrogen) atoms. The highest BCUT2D eigenvalue weighted by atomic mass is 35.5. The summed E-state index contributed by atoms with van der Waals surface area (Å²) in [5.74, 6) is 0.222. The molecule has 3 aromatic rings. The van der Waals surface area contributed by atoms with Crippen LogP contribution in [-0.2, 0) is 4.79 Å². The number of benzene rings is 2. The van der Waals surface area contributed by atoms with E-state index in [1.165, 1.54) is 0 Å². The number of halogens is 1. The number of hydrogen-bond acceptors (Lipinski definition) is 4. The molecule has 0 saturated carbocycles. The van der Waals surface area contributed by atoms with Gasteiger partial charge in [0.25, 0.3) is 6.01 Å². The number of fused-ring (bicyclic) bond motifs is 1. The molecule has 0 aliphatic carbocycles. The van der Waals surface area contributed by atoms with E-state index in [-0.39, 0.29) is 17.9 Å². The van der Waals surface area contributed by atoms with Gasteiger partial charge in [-0.05, 0) is 49.6 Å². The SMILES string of the molecule is CC(c1ccc(Cl)cc1)N(C)C(=O)C1CCN(c2nc3ccccc3o2)CC1. The fraction of sp³-hybridized carbons (Fsp3) is 0.364. The van der Waals surface area contributed by atoms with Gasteiger partial charge in [0.05, 0.1) is 6.04 Å². The van der Waals surface area contributed by atoms with Gasteiger partial charge in [0, 0.05) is 31.1 Å². The number of para-hydroxylation sites is 2. The molecule has 146 valence electrons. The zero-order valence-corrected chi connectivity index (χ0v) is 16.9. The summed E-state index contributed by atoms with van der Waals surface area (Å²) in [6.45, 7) is 3.59. The number of rotatable bonds is 4. The average Bonchev–Trinajstić information content (AvgIpc) is 3.17. The molecule has 1 atom stereocenters. The van der Waals surface area contributed by atoms with E-state index in [1.54, 1.807) is 0 Å². The largest absolute Gasteiger partial charge is 0.423 e. The number of amides is 1. The van der Waals surface area contributed by atoms with Gasteiger partial charge < -0.3 is 14.2 Å². The van der Waals surface area contributed by atoms with Crippen LogP contribution in [0, 0.1) is 5.92 Å². The summed E-state index contributed by atoms with van der Waals surface area (Å²) in [6, 6.07) is 16.1.